The number of rotatable bonds is 5. The van der Waals surface area contributed by atoms with Gasteiger partial charge in [-0.2, -0.15) is 4.73 Å². The molecule has 1 aliphatic rings. The molecule has 3 heterocycles. The zero-order valence-corrected chi connectivity index (χ0v) is 19.2. The highest BCUT2D eigenvalue weighted by molar-refractivity contribution is 5.92. The van der Waals surface area contributed by atoms with Crippen LogP contribution in [0.25, 0.3) is 22.2 Å². The molecule has 174 valence electrons. The topological polar surface area (TPSA) is 70.8 Å². The van der Waals surface area contributed by atoms with Crippen LogP contribution < -0.4 is 0 Å². The van der Waals surface area contributed by atoms with E-state index in [0.717, 1.165) is 33.4 Å². The molecule has 7 nitrogen and oxygen atoms in total. The predicted octanol–water partition coefficient (Wildman–Crippen LogP) is 4.80. The van der Waals surface area contributed by atoms with Gasteiger partial charge in [0.05, 0.1) is 29.6 Å². The van der Waals surface area contributed by atoms with Crippen molar-refractivity contribution in [3.8, 4) is 11.3 Å². The van der Waals surface area contributed by atoms with Crippen molar-refractivity contribution in [1.29, 1.82) is 0 Å². The maximum atomic E-state index is 12.3. The second kappa shape index (κ2) is 9.57. The van der Waals surface area contributed by atoms with E-state index in [-0.39, 0.29) is 12.1 Å². The number of amides is 1. The highest BCUT2D eigenvalue weighted by Crippen LogP contribution is 2.41. The molecule has 0 aliphatic carbocycles. The Balaban J connectivity index is 1.64. The molecule has 0 bridgehead atoms. The first-order valence-electron chi connectivity index (χ1n) is 11.6. The highest BCUT2D eigenvalue weighted by Gasteiger charge is 2.34. The van der Waals surface area contributed by atoms with Crippen molar-refractivity contribution in [3.05, 3.63) is 90.3 Å². The minimum Gasteiger partial charge on any atom is -0.450 e. The third kappa shape index (κ3) is 3.99. The first kappa shape index (κ1) is 22.0. The maximum Gasteiger partial charge on any atom is 0.409 e. The van der Waals surface area contributed by atoms with Crippen molar-refractivity contribution >= 4 is 17.0 Å². The van der Waals surface area contributed by atoms with Crippen LogP contribution in [0.5, 0.6) is 0 Å². The van der Waals surface area contributed by atoms with Crippen molar-refractivity contribution in [2.24, 2.45) is 0 Å². The van der Waals surface area contributed by atoms with Gasteiger partial charge in [0.1, 0.15) is 0 Å². The Morgan fingerprint density at radius 3 is 2.38 bits per heavy atom. The van der Waals surface area contributed by atoms with E-state index < -0.39 is 0 Å². The van der Waals surface area contributed by atoms with Crippen LogP contribution >= 0.6 is 0 Å². The van der Waals surface area contributed by atoms with Crippen molar-refractivity contribution in [1.82, 2.24) is 19.5 Å². The normalized spacial score (nSPS) is 15.4. The molecule has 2 aromatic heterocycles. The number of pyridine rings is 1. The van der Waals surface area contributed by atoms with E-state index in [2.05, 4.69) is 11.0 Å². The van der Waals surface area contributed by atoms with Gasteiger partial charge in [-0.05, 0) is 25.1 Å². The van der Waals surface area contributed by atoms with E-state index in [0.29, 0.717) is 32.8 Å². The van der Waals surface area contributed by atoms with E-state index in [1.165, 1.54) is 4.73 Å². The molecule has 4 aromatic rings. The SMILES string of the molecule is CCOC(=O)N1CCN([C@@H](c2ccccn2)c2c(-c3ccccc3)n(O)c3ccccc23)CC1. The number of para-hydroxylation sites is 1. The summed E-state index contributed by atoms with van der Waals surface area (Å²) in [5.41, 5.74) is 4.35. The van der Waals surface area contributed by atoms with Gasteiger partial charge in [-0.3, -0.25) is 9.88 Å². The van der Waals surface area contributed by atoms with Crippen LogP contribution in [0, 0.1) is 0 Å². The van der Waals surface area contributed by atoms with Crippen LogP contribution in [0.2, 0.25) is 0 Å². The number of carbonyl (C=O) groups is 1. The summed E-state index contributed by atoms with van der Waals surface area (Å²) < 4.78 is 6.50. The Bertz CT molecular complexity index is 1270. The number of carbonyl (C=O) groups excluding carboxylic acids is 1. The van der Waals surface area contributed by atoms with E-state index in [1.54, 1.807) is 11.1 Å². The molecule has 1 N–H and O–H groups in total. The van der Waals surface area contributed by atoms with Gasteiger partial charge < -0.3 is 14.8 Å². The van der Waals surface area contributed by atoms with Crippen molar-refractivity contribution in [2.45, 2.75) is 13.0 Å². The second-order valence-electron chi connectivity index (χ2n) is 8.34. The monoisotopic (exact) mass is 456 g/mol. The van der Waals surface area contributed by atoms with Gasteiger partial charge in [0.2, 0.25) is 0 Å². The second-order valence-corrected chi connectivity index (χ2v) is 8.34. The quantitative estimate of drug-likeness (QED) is 0.437. The summed E-state index contributed by atoms with van der Waals surface area (Å²) in [5.74, 6) is 0. The number of piperazine rings is 1. The minimum atomic E-state index is -0.270. The standard InChI is InChI=1S/C27H28N4O3/c1-2-34-27(32)30-18-16-29(17-19-30)26(22-13-8-9-15-28-22)24-21-12-6-7-14-23(21)31(33)25(24)20-10-4-3-5-11-20/h3-15,26,33H,2,16-19H2,1H3/t26-/m0/s1. The van der Waals surface area contributed by atoms with Gasteiger partial charge in [0.25, 0.3) is 0 Å². The summed E-state index contributed by atoms with van der Waals surface area (Å²) in [6.45, 7) is 4.66. The molecule has 1 amide bonds. The third-order valence-corrected chi connectivity index (χ3v) is 6.38. The molecule has 0 unspecified atom stereocenters. The van der Waals surface area contributed by atoms with Gasteiger partial charge in [0, 0.05) is 48.9 Å². The molecular weight excluding hydrogens is 428 g/mol. The zero-order valence-electron chi connectivity index (χ0n) is 19.2. The van der Waals surface area contributed by atoms with Crippen molar-refractivity contribution in [3.63, 3.8) is 0 Å². The average Bonchev–Trinajstić information content (AvgIpc) is 3.18. The average molecular weight is 457 g/mol. The van der Waals surface area contributed by atoms with Crippen molar-refractivity contribution in [2.75, 3.05) is 32.8 Å². The van der Waals surface area contributed by atoms with Crippen LogP contribution in [0.4, 0.5) is 4.79 Å². The summed E-state index contributed by atoms with van der Waals surface area (Å²) in [7, 11) is 0. The van der Waals surface area contributed by atoms with Crippen LogP contribution in [-0.2, 0) is 4.74 Å². The van der Waals surface area contributed by atoms with Gasteiger partial charge in [-0.1, -0.05) is 54.6 Å². The highest BCUT2D eigenvalue weighted by atomic mass is 16.6. The fourth-order valence-electron chi connectivity index (χ4n) is 4.83. The summed E-state index contributed by atoms with van der Waals surface area (Å²) in [6, 6.07) is 23.6. The Morgan fingerprint density at radius 1 is 0.971 bits per heavy atom. The molecule has 0 radical (unpaired) electrons. The van der Waals surface area contributed by atoms with E-state index in [1.807, 2.05) is 73.7 Å². The van der Waals surface area contributed by atoms with Crippen LogP contribution in [-0.4, -0.2) is 63.6 Å². The Morgan fingerprint density at radius 2 is 1.68 bits per heavy atom. The summed E-state index contributed by atoms with van der Waals surface area (Å²) in [5, 5.41) is 12.3. The molecule has 1 saturated heterocycles. The summed E-state index contributed by atoms with van der Waals surface area (Å²) in [6.07, 6.45) is 1.53. The Labute approximate surface area is 198 Å². The van der Waals surface area contributed by atoms with Crippen LogP contribution in [0.15, 0.2) is 79.0 Å². The van der Waals surface area contributed by atoms with E-state index >= 15 is 0 Å². The smallest absolute Gasteiger partial charge is 0.409 e. The van der Waals surface area contributed by atoms with Gasteiger partial charge in [-0.25, -0.2) is 4.79 Å². The summed E-state index contributed by atoms with van der Waals surface area (Å²) >= 11 is 0. The number of hydrogen-bond donors (Lipinski definition) is 1. The van der Waals surface area contributed by atoms with Crippen LogP contribution in [0.3, 0.4) is 0 Å². The fourth-order valence-corrected chi connectivity index (χ4v) is 4.83. The number of fused-ring (bicyclic) bond motifs is 1. The molecule has 0 spiro atoms. The lowest BCUT2D eigenvalue weighted by Crippen LogP contribution is -2.50. The maximum absolute atomic E-state index is 12.3. The molecule has 2 aromatic carbocycles. The lowest BCUT2D eigenvalue weighted by molar-refractivity contribution is 0.0711. The van der Waals surface area contributed by atoms with Crippen molar-refractivity contribution < 1.29 is 14.7 Å². The Hall–Kier alpha value is -3.84. The number of aromatic nitrogens is 2. The van der Waals surface area contributed by atoms with Gasteiger partial charge in [-0.15, -0.1) is 0 Å². The van der Waals surface area contributed by atoms with Gasteiger partial charge in [0.15, 0.2) is 0 Å². The first-order valence-corrected chi connectivity index (χ1v) is 11.6. The number of nitrogens with zero attached hydrogens (tertiary/aromatic N) is 4. The number of hydrogen-bond acceptors (Lipinski definition) is 5. The molecule has 7 heteroatoms. The Kier molecular flexibility index (Phi) is 6.18. The first-order chi connectivity index (χ1) is 16.7. The van der Waals surface area contributed by atoms with E-state index in [9.17, 15) is 10.0 Å². The number of benzene rings is 2. The molecule has 1 aliphatic heterocycles. The lowest BCUT2D eigenvalue weighted by atomic mass is 9.94. The molecule has 34 heavy (non-hydrogen) atoms. The molecular formula is C27H28N4O3. The summed E-state index contributed by atoms with van der Waals surface area (Å²) in [4.78, 5) is 21.1. The van der Waals surface area contributed by atoms with Crippen LogP contribution in [0.1, 0.15) is 24.2 Å². The predicted molar refractivity (Wildman–Crippen MR) is 131 cm³/mol. The van der Waals surface area contributed by atoms with E-state index in [4.69, 9.17) is 9.72 Å². The lowest BCUT2D eigenvalue weighted by Gasteiger charge is -2.39. The largest absolute Gasteiger partial charge is 0.450 e. The third-order valence-electron chi connectivity index (χ3n) is 6.38. The molecule has 0 saturated carbocycles. The number of ether oxygens (including phenoxy) is 1. The molecule has 5 rings (SSSR count). The fraction of sp³-hybridized carbons (Fsp3) is 0.259. The van der Waals surface area contributed by atoms with Gasteiger partial charge >= 0.3 is 6.09 Å². The molecule has 1 fully saturated rings. The zero-order chi connectivity index (χ0) is 23.5. The molecule has 1 atom stereocenters. The minimum absolute atomic E-state index is 0.195.